The highest BCUT2D eigenvalue weighted by atomic mass is 16.1. The van der Waals surface area contributed by atoms with Gasteiger partial charge in [0.2, 0.25) is 0 Å². The van der Waals surface area contributed by atoms with Crippen LogP contribution in [0.3, 0.4) is 0 Å². The highest BCUT2D eigenvalue weighted by Gasteiger charge is 2.04. The molecule has 0 aromatic carbocycles. The summed E-state index contributed by atoms with van der Waals surface area (Å²) in [4.78, 5) is 9.76. The van der Waals surface area contributed by atoms with Crippen molar-refractivity contribution in [2.75, 3.05) is 0 Å². The summed E-state index contributed by atoms with van der Waals surface area (Å²) >= 11 is 0. The SMILES string of the molecule is [CH2]C(C)(C)C=O. The Morgan fingerprint density at radius 1 is 1.67 bits per heavy atom. The Balaban J connectivity index is 3.45. The first kappa shape index (κ1) is 5.67. The van der Waals surface area contributed by atoms with Crippen molar-refractivity contribution in [2.45, 2.75) is 13.8 Å². The quantitative estimate of drug-likeness (QED) is 0.435. The van der Waals surface area contributed by atoms with Crippen LogP contribution in [0.5, 0.6) is 0 Å². The molecule has 0 aliphatic carbocycles. The largest absolute Gasteiger partial charge is 0.303 e. The van der Waals surface area contributed by atoms with Crippen LogP contribution in [0, 0.1) is 12.3 Å². The van der Waals surface area contributed by atoms with Crippen molar-refractivity contribution in [3.8, 4) is 0 Å². The van der Waals surface area contributed by atoms with E-state index in [2.05, 4.69) is 6.92 Å². The third kappa shape index (κ3) is 3.67. The summed E-state index contributed by atoms with van der Waals surface area (Å²) in [5.41, 5.74) is -0.389. The average Bonchev–Trinajstić information content (AvgIpc) is 1.35. The molecule has 6 heavy (non-hydrogen) atoms. The standard InChI is InChI=1S/C5H9O/c1-5(2,3)4-6/h4H,1H2,2-3H3. The Morgan fingerprint density at radius 3 is 1.83 bits per heavy atom. The number of carbonyl (C=O) groups is 1. The minimum Gasteiger partial charge on any atom is -0.303 e. The molecule has 0 saturated heterocycles. The van der Waals surface area contributed by atoms with E-state index < -0.39 is 0 Å². The molecule has 0 aromatic heterocycles. The fraction of sp³-hybridized carbons (Fsp3) is 0.600. The van der Waals surface area contributed by atoms with Crippen molar-refractivity contribution in [1.82, 2.24) is 0 Å². The van der Waals surface area contributed by atoms with Crippen LogP contribution in [0.1, 0.15) is 13.8 Å². The van der Waals surface area contributed by atoms with Crippen LogP contribution in [-0.4, -0.2) is 6.29 Å². The Bertz CT molecular complexity index is 49.4. The smallest absolute Gasteiger partial charge is 0.125 e. The van der Waals surface area contributed by atoms with E-state index in [0.29, 0.717) is 0 Å². The molecule has 0 saturated carbocycles. The summed E-state index contributed by atoms with van der Waals surface area (Å²) in [6.45, 7) is 7.05. The molecule has 0 fully saturated rings. The molecule has 0 N–H and O–H groups in total. The molecule has 1 heteroatoms. The van der Waals surface area contributed by atoms with E-state index >= 15 is 0 Å². The molecule has 0 amide bonds. The van der Waals surface area contributed by atoms with E-state index in [0.717, 1.165) is 6.29 Å². The van der Waals surface area contributed by atoms with E-state index in [1.54, 1.807) is 13.8 Å². The van der Waals surface area contributed by atoms with Gasteiger partial charge in [-0.15, -0.1) is 0 Å². The molecule has 0 aromatic rings. The van der Waals surface area contributed by atoms with E-state index in [1.165, 1.54) is 0 Å². The second-order valence-electron chi connectivity index (χ2n) is 2.11. The molecule has 0 spiro atoms. The van der Waals surface area contributed by atoms with Crippen molar-refractivity contribution in [1.29, 1.82) is 0 Å². The van der Waals surface area contributed by atoms with Crippen LogP contribution in [0.4, 0.5) is 0 Å². The third-order valence-corrected chi connectivity index (χ3v) is 0.319. The predicted molar refractivity (Wildman–Crippen MR) is 25.2 cm³/mol. The topological polar surface area (TPSA) is 17.1 Å². The molecule has 1 nitrogen and oxygen atoms in total. The van der Waals surface area contributed by atoms with Gasteiger partial charge in [-0.3, -0.25) is 0 Å². The van der Waals surface area contributed by atoms with Crippen LogP contribution in [0.2, 0.25) is 0 Å². The van der Waals surface area contributed by atoms with Crippen molar-refractivity contribution < 1.29 is 4.79 Å². The van der Waals surface area contributed by atoms with Gasteiger partial charge >= 0.3 is 0 Å². The molecular weight excluding hydrogens is 76.1 g/mol. The molecule has 0 unspecified atom stereocenters. The molecule has 0 rings (SSSR count). The average molecular weight is 85.1 g/mol. The van der Waals surface area contributed by atoms with Crippen molar-refractivity contribution >= 4 is 6.29 Å². The van der Waals surface area contributed by atoms with Gasteiger partial charge in [-0.1, -0.05) is 13.8 Å². The van der Waals surface area contributed by atoms with E-state index in [1.807, 2.05) is 0 Å². The van der Waals surface area contributed by atoms with Gasteiger partial charge in [-0.25, -0.2) is 0 Å². The molecule has 1 radical (unpaired) electrons. The zero-order valence-electron chi connectivity index (χ0n) is 4.19. The van der Waals surface area contributed by atoms with Gasteiger partial charge in [-0.2, -0.15) is 0 Å². The molecule has 35 valence electrons. The number of aldehydes is 1. The third-order valence-electron chi connectivity index (χ3n) is 0.319. The van der Waals surface area contributed by atoms with Crippen LogP contribution >= 0.6 is 0 Å². The summed E-state index contributed by atoms with van der Waals surface area (Å²) in [6.07, 6.45) is 0.826. The fourth-order valence-electron chi connectivity index (χ4n) is 0. The van der Waals surface area contributed by atoms with E-state index in [9.17, 15) is 4.79 Å². The lowest BCUT2D eigenvalue weighted by atomic mass is 10.0. The first-order chi connectivity index (χ1) is 2.56. The number of carbonyl (C=O) groups excluding carboxylic acids is 1. The Labute approximate surface area is 38.4 Å². The highest BCUT2D eigenvalue weighted by Crippen LogP contribution is 2.04. The van der Waals surface area contributed by atoms with Crippen LogP contribution in [-0.2, 0) is 4.79 Å². The van der Waals surface area contributed by atoms with Crippen LogP contribution in [0.25, 0.3) is 0 Å². The van der Waals surface area contributed by atoms with Crippen molar-refractivity contribution in [3.05, 3.63) is 6.92 Å². The van der Waals surface area contributed by atoms with Gasteiger partial charge in [0.1, 0.15) is 6.29 Å². The minimum absolute atomic E-state index is 0.389. The van der Waals surface area contributed by atoms with Gasteiger partial charge in [0, 0.05) is 5.41 Å². The normalized spacial score (nSPS) is 11.2. The van der Waals surface area contributed by atoms with Crippen molar-refractivity contribution in [2.24, 2.45) is 5.41 Å². The molecule has 0 aliphatic heterocycles. The lowest BCUT2D eigenvalue weighted by Crippen LogP contribution is -2.05. The lowest BCUT2D eigenvalue weighted by Gasteiger charge is -2.03. The van der Waals surface area contributed by atoms with Gasteiger partial charge in [0.15, 0.2) is 0 Å². The molecule has 0 heterocycles. The number of hydrogen-bond donors (Lipinski definition) is 0. The first-order valence-electron chi connectivity index (χ1n) is 1.88. The summed E-state index contributed by atoms with van der Waals surface area (Å²) < 4.78 is 0. The van der Waals surface area contributed by atoms with Gasteiger partial charge in [0.25, 0.3) is 0 Å². The van der Waals surface area contributed by atoms with Gasteiger partial charge < -0.3 is 4.79 Å². The fourth-order valence-corrected chi connectivity index (χ4v) is 0. The molecule has 0 bridgehead atoms. The van der Waals surface area contributed by atoms with Crippen LogP contribution in [0.15, 0.2) is 0 Å². The maximum atomic E-state index is 9.76. The first-order valence-corrected chi connectivity index (χ1v) is 1.88. The molecule has 0 atom stereocenters. The van der Waals surface area contributed by atoms with Gasteiger partial charge in [-0.05, 0) is 6.92 Å². The number of hydrogen-bond acceptors (Lipinski definition) is 1. The van der Waals surface area contributed by atoms with Gasteiger partial charge in [0.05, 0.1) is 0 Å². The van der Waals surface area contributed by atoms with Crippen LogP contribution < -0.4 is 0 Å². The second-order valence-corrected chi connectivity index (χ2v) is 2.11. The summed E-state index contributed by atoms with van der Waals surface area (Å²) in [5, 5.41) is 0. The maximum absolute atomic E-state index is 9.76. The molecular formula is C5H9O. The predicted octanol–water partition coefficient (Wildman–Crippen LogP) is 1.05. The van der Waals surface area contributed by atoms with E-state index in [4.69, 9.17) is 0 Å². The summed E-state index contributed by atoms with van der Waals surface area (Å²) in [6, 6.07) is 0. The summed E-state index contributed by atoms with van der Waals surface area (Å²) in [7, 11) is 0. The maximum Gasteiger partial charge on any atom is 0.125 e. The highest BCUT2D eigenvalue weighted by molar-refractivity contribution is 5.58. The minimum atomic E-state index is -0.389. The monoisotopic (exact) mass is 85.1 g/mol. The van der Waals surface area contributed by atoms with Crippen molar-refractivity contribution in [3.63, 3.8) is 0 Å². The Kier molecular flexibility index (Phi) is 1.34. The summed E-state index contributed by atoms with van der Waals surface area (Å²) in [5.74, 6) is 0. The Hall–Kier alpha value is -0.330. The Morgan fingerprint density at radius 2 is 1.83 bits per heavy atom. The zero-order chi connectivity index (χ0) is 5.21. The zero-order valence-corrected chi connectivity index (χ0v) is 4.19. The molecule has 0 aliphatic rings. The lowest BCUT2D eigenvalue weighted by molar-refractivity contribution is -0.112. The second kappa shape index (κ2) is 1.41. The number of rotatable bonds is 1. The van der Waals surface area contributed by atoms with E-state index in [-0.39, 0.29) is 5.41 Å².